The third-order valence-electron chi connectivity index (χ3n) is 5.27. The van der Waals surface area contributed by atoms with Gasteiger partial charge in [-0.2, -0.15) is 0 Å². The number of hydrogen-bond donors (Lipinski definition) is 0. The van der Waals surface area contributed by atoms with Crippen LogP contribution in [0.25, 0.3) is 16.5 Å². The molecule has 0 aliphatic carbocycles. The first-order valence-corrected chi connectivity index (χ1v) is 8.93. The first kappa shape index (κ1) is 16.1. The number of likely N-dealkylation sites (N-methyl/N-ethyl adjacent to an activating group) is 1. The first-order valence-electron chi connectivity index (χ1n) is 8.93. The number of hydrogen-bond acceptors (Lipinski definition) is 2. The van der Waals surface area contributed by atoms with Crippen LogP contribution < -0.4 is 0 Å². The second-order valence-electron chi connectivity index (χ2n) is 7.31. The quantitative estimate of drug-likeness (QED) is 0.711. The molecule has 0 saturated heterocycles. The predicted molar refractivity (Wildman–Crippen MR) is 105 cm³/mol. The van der Waals surface area contributed by atoms with Crippen LogP contribution in [0.1, 0.15) is 28.1 Å². The Morgan fingerprint density at radius 2 is 2.04 bits per heavy atom. The summed E-state index contributed by atoms with van der Waals surface area (Å²) in [7, 11) is 2.21. The van der Waals surface area contributed by atoms with Crippen molar-refractivity contribution in [3.8, 4) is 0 Å². The summed E-state index contributed by atoms with van der Waals surface area (Å²) in [5.74, 6) is 0. The van der Waals surface area contributed by atoms with E-state index in [4.69, 9.17) is 0 Å². The average molecular weight is 331 g/mol. The molecule has 0 bridgehead atoms. The molecule has 128 valence electrons. The van der Waals surface area contributed by atoms with E-state index in [2.05, 4.69) is 65.3 Å². The Kier molecular flexibility index (Phi) is 3.97. The van der Waals surface area contributed by atoms with Gasteiger partial charge in [-0.15, -0.1) is 0 Å². The van der Waals surface area contributed by atoms with Crippen molar-refractivity contribution in [2.75, 3.05) is 13.6 Å². The highest BCUT2D eigenvalue weighted by Crippen LogP contribution is 2.32. The highest BCUT2D eigenvalue weighted by atomic mass is 15.1. The van der Waals surface area contributed by atoms with Gasteiger partial charge in [0.2, 0.25) is 0 Å². The molecule has 1 aliphatic rings. The lowest BCUT2D eigenvalue weighted by Gasteiger charge is -2.24. The summed E-state index contributed by atoms with van der Waals surface area (Å²) in [4.78, 5) is 6.83. The van der Waals surface area contributed by atoms with Gasteiger partial charge in [-0.25, -0.2) is 0 Å². The molecule has 0 unspecified atom stereocenters. The lowest BCUT2D eigenvalue weighted by atomic mass is 10.0. The van der Waals surface area contributed by atoms with Crippen molar-refractivity contribution in [3.63, 3.8) is 0 Å². The van der Waals surface area contributed by atoms with Crippen LogP contribution in [0.15, 0.2) is 43.1 Å². The lowest BCUT2D eigenvalue weighted by Crippen LogP contribution is -2.27. The SMILES string of the molecule is C=C(Cn1c2c(c3cc(C)ccc31)CN(C)CC2)c1ccc(C)nc1. The number of nitrogens with zero attached hydrogens (tertiary/aromatic N) is 3. The molecule has 0 spiro atoms. The van der Waals surface area contributed by atoms with Gasteiger partial charge >= 0.3 is 0 Å². The first-order chi connectivity index (χ1) is 12.0. The number of allylic oxidation sites excluding steroid dienone is 1. The van der Waals surface area contributed by atoms with E-state index < -0.39 is 0 Å². The fourth-order valence-corrected chi connectivity index (χ4v) is 3.84. The van der Waals surface area contributed by atoms with Gasteiger partial charge in [0.05, 0.1) is 0 Å². The Hall–Kier alpha value is -2.39. The number of fused-ring (bicyclic) bond motifs is 3. The van der Waals surface area contributed by atoms with Gasteiger partial charge in [0.25, 0.3) is 0 Å². The van der Waals surface area contributed by atoms with Gasteiger partial charge < -0.3 is 9.47 Å². The standard InChI is InChI=1S/C22H25N3/c1-15-5-8-21-19(11-15)20-14-24(4)10-9-22(20)25(21)13-16(2)18-7-6-17(3)23-12-18/h5-8,11-12H,2,9-10,13-14H2,1,3-4H3. The molecule has 0 N–H and O–H groups in total. The maximum Gasteiger partial charge on any atom is 0.0489 e. The third kappa shape index (κ3) is 2.89. The molecule has 0 amide bonds. The summed E-state index contributed by atoms with van der Waals surface area (Å²) >= 11 is 0. The van der Waals surface area contributed by atoms with Crippen LogP contribution in [0.3, 0.4) is 0 Å². The maximum absolute atomic E-state index is 4.42. The van der Waals surface area contributed by atoms with Gasteiger partial charge in [0.15, 0.2) is 0 Å². The second-order valence-corrected chi connectivity index (χ2v) is 7.31. The monoisotopic (exact) mass is 331 g/mol. The largest absolute Gasteiger partial charge is 0.340 e. The molecule has 0 atom stereocenters. The Balaban J connectivity index is 1.79. The van der Waals surface area contributed by atoms with Crippen LogP contribution in [-0.4, -0.2) is 28.0 Å². The van der Waals surface area contributed by atoms with Gasteiger partial charge in [-0.3, -0.25) is 4.98 Å². The zero-order chi connectivity index (χ0) is 17.6. The van der Waals surface area contributed by atoms with Crippen molar-refractivity contribution in [2.24, 2.45) is 0 Å². The lowest BCUT2D eigenvalue weighted by molar-refractivity contribution is 0.310. The normalized spacial score (nSPS) is 14.7. The van der Waals surface area contributed by atoms with Gasteiger partial charge in [-0.1, -0.05) is 24.3 Å². The molecule has 0 saturated carbocycles. The molecule has 4 rings (SSSR count). The number of rotatable bonds is 3. The highest BCUT2D eigenvalue weighted by molar-refractivity contribution is 5.87. The van der Waals surface area contributed by atoms with E-state index in [9.17, 15) is 0 Å². The second kappa shape index (κ2) is 6.16. The van der Waals surface area contributed by atoms with E-state index in [0.717, 1.165) is 42.9 Å². The number of benzene rings is 1. The number of aryl methyl sites for hydroxylation is 2. The Bertz CT molecular complexity index is 948. The van der Waals surface area contributed by atoms with Crippen molar-refractivity contribution >= 4 is 16.5 Å². The molecule has 3 heteroatoms. The van der Waals surface area contributed by atoms with Gasteiger partial charge in [-0.05, 0) is 55.8 Å². The number of pyridine rings is 1. The van der Waals surface area contributed by atoms with Crippen LogP contribution in [0.4, 0.5) is 0 Å². The van der Waals surface area contributed by atoms with Crippen molar-refractivity contribution in [1.82, 2.24) is 14.5 Å². The number of aromatic nitrogens is 2. The fourth-order valence-electron chi connectivity index (χ4n) is 3.84. The molecule has 0 radical (unpaired) electrons. The summed E-state index contributed by atoms with van der Waals surface area (Å²) in [6.07, 6.45) is 3.03. The molecule has 25 heavy (non-hydrogen) atoms. The molecule has 1 aliphatic heterocycles. The van der Waals surface area contributed by atoms with E-state index in [-0.39, 0.29) is 0 Å². The highest BCUT2D eigenvalue weighted by Gasteiger charge is 2.22. The molecule has 1 aromatic carbocycles. The van der Waals surface area contributed by atoms with Crippen molar-refractivity contribution in [3.05, 3.63) is 71.2 Å². The van der Waals surface area contributed by atoms with E-state index in [1.165, 1.54) is 27.7 Å². The van der Waals surface area contributed by atoms with Crippen molar-refractivity contribution in [2.45, 2.75) is 33.4 Å². The molecule has 0 fully saturated rings. The zero-order valence-electron chi connectivity index (χ0n) is 15.3. The molecular formula is C22H25N3. The van der Waals surface area contributed by atoms with Gasteiger partial charge in [0.1, 0.15) is 0 Å². The predicted octanol–water partition coefficient (Wildman–Crippen LogP) is 4.35. The van der Waals surface area contributed by atoms with Crippen LogP contribution in [0.2, 0.25) is 0 Å². The summed E-state index contributed by atoms with van der Waals surface area (Å²) in [6.45, 7) is 11.5. The summed E-state index contributed by atoms with van der Waals surface area (Å²) in [5.41, 5.74) is 8.89. The minimum absolute atomic E-state index is 0.823. The minimum Gasteiger partial charge on any atom is -0.340 e. The molecule has 3 aromatic rings. The van der Waals surface area contributed by atoms with E-state index in [0.29, 0.717) is 0 Å². The zero-order valence-corrected chi connectivity index (χ0v) is 15.3. The molecule has 3 nitrogen and oxygen atoms in total. The Morgan fingerprint density at radius 3 is 2.80 bits per heavy atom. The fraction of sp³-hybridized carbons (Fsp3) is 0.318. The average Bonchev–Trinajstić information content (AvgIpc) is 2.88. The van der Waals surface area contributed by atoms with Crippen LogP contribution in [0, 0.1) is 13.8 Å². The molecule has 2 aromatic heterocycles. The third-order valence-corrected chi connectivity index (χ3v) is 5.27. The summed E-state index contributed by atoms with van der Waals surface area (Å²) in [6, 6.07) is 11.0. The minimum atomic E-state index is 0.823. The van der Waals surface area contributed by atoms with Crippen molar-refractivity contribution < 1.29 is 0 Å². The van der Waals surface area contributed by atoms with E-state index in [1.807, 2.05) is 13.1 Å². The maximum atomic E-state index is 4.42. The van der Waals surface area contributed by atoms with Crippen LogP contribution >= 0.6 is 0 Å². The summed E-state index contributed by atoms with van der Waals surface area (Å²) in [5, 5.41) is 1.40. The topological polar surface area (TPSA) is 21.1 Å². The summed E-state index contributed by atoms with van der Waals surface area (Å²) < 4.78 is 2.47. The van der Waals surface area contributed by atoms with Crippen LogP contribution in [-0.2, 0) is 19.5 Å². The molecular weight excluding hydrogens is 306 g/mol. The van der Waals surface area contributed by atoms with Crippen molar-refractivity contribution in [1.29, 1.82) is 0 Å². The smallest absolute Gasteiger partial charge is 0.0489 e. The van der Waals surface area contributed by atoms with Crippen LogP contribution in [0.5, 0.6) is 0 Å². The Morgan fingerprint density at radius 1 is 1.20 bits per heavy atom. The van der Waals surface area contributed by atoms with Gasteiger partial charge in [0, 0.05) is 54.5 Å². The Labute approximate surface area is 149 Å². The van der Waals surface area contributed by atoms with E-state index >= 15 is 0 Å². The van der Waals surface area contributed by atoms with E-state index in [1.54, 1.807) is 0 Å². The molecule has 3 heterocycles.